The predicted molar refractivity (Wildman–Crippen MR) is 72.7 cm³/mol. The number of carboxylic acid groups (broad SMARTS) is 1. The van der Waals surface area contributed by atoms with Crippen LogP contribution in [0.2, 0.25) is 0 Å². The Kier molecular flexibility index (Phi) is 4.69. The van der Waals surface area contributed by atoms with Gasteiger partial charge in [0.25, 0.3) is 0 Å². The van der Waals surface area contributed by atoms with Crippen LogP contribution in [0.25, 0.3) is 0 Å². The van der Waals surface area contributed by atoms with Crippen LogP contribution >= 0.6 is 0 Å². The molecular formula is C13H21N3O3. The van der Waals surface area contributed by atoms with Gasteiger partial charge in [0.1, 0.15) is 5.54 Å². The van der Waals surface area contributed by atoms with Gasteiger partial charge in [-0.2, -0.15) is 4.98 Å². The summed E-state index contributed by atoms with van der Waals surface area (Å²) in [5.74, 6) is -0.118. The molecule has 0 aliphatic rings. The van der Waals surface area contributed by atoms with Crippen LogP contribution in [0.5, 0.6) is 5.88 Å². The Morgan fingerprint density at radius 1 is 1.47 bits per heavy atom. The number of carboxylic acids is 1. The minimum Gasteiger partial charge on any atom is -0.480 e. The van der Waals surface area contributed by atoms with Crippen LogP contribution in [0, 0.1) is 6.92 Å². The Morgan fingerprint density at radius 2 is 2.11 bits per heavy atom. The maximum absolute atomic E-state index is 11.2. The number of aliphatic carboxylic acids is 1. The Hall–Kier alpha value is -1.85. The number of carbonyl (C=O) groups is 1. The molecule has 0 spiro atoms. The molecule has 1 rings (SSSR count). The van der Waals surface area contributed by atoms with Gasteiger partial charge in [-0.15, -0.1) is 0 Å². The minimum atomic E-state index is -1.09. The summed E-state index contributed by atoms with van der Waals surface area (Å²) in [6.07, 6.45) is 0.884. The molecule has 6 heteroatoms. The van der Waals surface area contributed by atoms with Crippen molar-refractivity contribution in [2.45, 2.75) is 39.7 Å². The van der Waals surface area contributed by atoms with Gasteiger partial charge < -0.3 is 14.7 Å². The third kappa shape index (κ3) is 3.56. The van der Waals surface area contributed by atoms with Gasteiger partial charge in [-0.3, -0.25) is 0 Å². The molecule has 1 heterocycles. The fraction of sp³-hybridized carbons (Fsp3) is 0.615. The van der Waals surface area contributed by atoms with Crippen LogP contribution in [0.3, 0.4) is 0 Å². The summed E-state index contributed by atoms with van der Waals surface area (Å²) in [7, 11) is 1.66. The first-order chi connectivity index (χ1) is 8.78. The van der Waals surface area contributed by atoms with E-state index in [1.807, 2.05) is 13.8 Å². The number of ether oxygens (including phenoxy) is 1. The number of anilines is 1. The SMILES string of the molecule is CCCOc1cc(C)nc(N(C)C(C)(C)C(=O)O)n1. The molecule has 0 aliphatic carbocycles. The van der Waals surface area contributed by atoms with E-state index < -0.39 is 11.5 Å². The van der Waals surface area contributed by atoms with Gasteiger partial charge in [0.2, 0.25) is 11.8 Å². The van der Waals surface area contributed by atoms with Crippen molar-refractivity contribution in [1.29, 1.82) is 0 Å². The summed E-state index contributed by atoms with van der Waals surface area (Å²) < 4.78 is 5.47. The van der Waals surface area contributed by atoms with E-state index in [1.165, 1.54) is 4.90 Å². The fourth-order valence-corrected chi connectivity index (χ4v) is 1.35. The van der Waals surface area contributed by atoms with Gasteiger partial charge >= 0.3 is 5.97 Å². The number of aryl methyl sites for hydroxylation is 1. The van der Waals surface area contributed by atoms with Gasteiger partial charge in [0, 0.05) is 18.8 Å². The average molecular weight is 267 g/mol. The lowest BCUT2D eigenvalue weighted by atomic mass is 10.1. The second-order valence-corrected chi connectivity index (χ2v) is 4.92. The molecule has 1 aromatic heterocycles. The molecule has 19 heavy (non-hydrogen) atoms. The smallest absolute Gasteiger partial charge is 0.329 e. The van der Waals surface area contributed by atoms with Crippen LogP contribution in [0.15, 0.2) is 6.07 Å². The molecule has 0 fully saturated rings. The number of hydrogen-bond donors (Lipinski definition) is 1. The fourth-order valence-electron chi connectivity index (χ4n) is 1.35. The number of nitrogens with zero attached hydrogens (tertiary/aromatic N) is 3. The summed E-state index contributed by atoms with van der Waals surface area (Å²) in [6.45, 7) is 7.61. The van der Waals surface area contributed by atoms with Gasteiger partial charge in [-0.25, -0.2) is 9.78 Å². The summed E-state index contributed by atoms with van der Waals surface area (Å²) in [6, 6.07) is 1.74. The van der Waals surface area contributed by atoms with Crippen molar-refractivity contribution in [1.82, 2.24) is 9.97 Å². The highest BCUT2D eigenvalue weighted by Crippen LogP contribution is 2.21. The summed E-state index contributed by atoms with van der Waals surface area (Å²) in [5.41, 5.74) is -0.348. The number of hydrogen-bond acceptors (Lipinski definition) is 5. The van der Waals surface area contributed by atoms with E-state index in [4.69, 9.17) is 4.74 Å². The first-order valence-electron chi connectivity index (χ1n) is 6.24. The maximum atomic E-state index is 11.2. The number of aromatic nitrogens is 2. The molecule has 0 aromatic carbocycles. The third-order valence-electron chi connectivity index (χ3n) is 2.93. The summed E-state index contributed by atoms with van der Waals surface area (Å²) in [4.78, 5) is 21.3. The van der Waals surface area contributed by atoms with E-state index in [0.717, 1.165) is 12.1 Å². The molecule has 0 saturated carbocycles. The van der Waals surface area contributed by atoms with E-state index >= 15 is 0 Å². The van der Waals surface area contributed by atoms with E-state index in [1.54, 1.807) is 27.0 Å². The molecular weight excluding hydrogens is 246 g/mol. The van der Waals surface area contributed by atoms with Crippen LogP contribution in [-0.2, 0) is 4.79 Å². The van der Waals surface area contributed by atoms with Crippen molar-refractivity contribution < 1.29 is 14.6 Å². The molecule has 106 valence electrons. The van der Waals surface area contributed by atoms with Crippen molar-refractivity contribution in [3.8, 4) is 5.88 Å². The zero-order chi connectivity index (χ0) is 14.6. The van der Waals surface area contributed by atoms with E-state index in [0.29, 0.717) is 18.4 Å². The topological polar surface area (TPSA) is 75.5 Å². The number of rotatable bonds is 6. The Morgan fingerprint density at radius 3 is 2.63 bits per heavy atom. The van der Waals surface area contributed by atoms with Crippen molar-refractivity contribution in [2.24, 2.45) is 0 Å². The minimum absolute atomic E-state index is 0.346. The Labute approximate surface area is 113 Å². The quantitative estimate of drug-likeness (QED) is 0.848. The van der Waals surface area contributed by atoms with E-state index in [-0.39, 0.29) is 0 Å². The number of likely N-dealkylation sites (N-methyl/N-ethyl adjacent to an activating group) is 1. The lowest BCUT2D eigenvalue weighted by Crippen LogP contribution is -2.48. The first-order valence-corrected chi connectivity index (χ1v) is 6.24. The van der Waals surface area contributed by atoms with Crippen LogP contribution in [0.4, 0.5) is 5.95 Å². The molecule has 0 amide bonds. The highest BCUT2D eigenvalue weighted by molar-refractivity contribution is 5.81. The van der Waals surface area contributed by atoms with Crippen molar-refractivity contribution >= 4 is 11.9 Å². The monoisotopic (exact) mass is 267 g/mol. The Bertz CT molecular complexity index is 460. The molecule has 1 aromatic rings. The average Bonchev–Trinajstić information content (AvgIpc) is 2.34. The highest BCUT2D eigenvalue weighted by Gasteiger charge is 2.34. The zero-order valence-electron chi connectivity index (χ0n) is 12.1. The predicted octanol–water partition coefficient (Wildman–Crippen LogP) is 1.87. The van der Waals surface area contributed by atoms with Gasteiger partial charge in [0.05, 0.1) is 6.61 Å². The van der Waals surface area contributed by atoms with Gasteiger partial charge in [-0.05, 0) is 27.2 Å². The molecule has 0 atom stereocenters. The normalized spacial score (nSPS) is 11.2. The van der Waals surface area contributed by atoms with E-state index in [9.17, 15) is 9.90 Å². The molecule has 0 radical (unpaired) electrons. The van der Waals surface area contributed by atoms with Crippen molar-refractivity contribution in [2.75, 3.05) is 18.6 Å². The highest BCUT2D eigenvalue weighted by atomic mass is 16.5. The van der Waals surface area contributed by atoms with Crippen LogP contribution in [-0.4, -0.2) is 40.2 Å². The zero-order valence-corrected chi connectivity index (χ0v) is 12.1. The first kappa shape index (κ1) is 15.2. The van der Waals surface area contributed by atoms with Crippen LogP contribution in [0.1, 0.15) is 32.9 Å². The molecule has 0 aliphatic heterocycles. The third-order valence-corrected chi connectivity index (χ3v) is 2.93. The second-order valence-electron chi connectivity index (χ2n) is 4.92. The van der Waals surface area contributed by atoms with E-state index in [2.05, 4.69) is 9.97 Å². The van der Waals surface area contributed by atoms with Gasteiger partial charge in [-0.1, -0.05) is 6.92 Å². The van der Waals surface area contributed by atoms with Crippen LogP contribution < -0.4 is 9.64 Å². The molecule has 1 N–H and O–H groups in total. The lowest BCUT2D eigenvalue weighted by Gasteiger charge is -2.31. The largest absolute Gasteiger partial charge is 0.480 e. The lowest BCUT2D eigenvalue weighted by molar-refractivity contribution is -0.142. The van der Waals surface area contributed by atoms with Gasteiger partial charge in [0.15, 0.2) is 0 Å². The maximum Gasteiger partial charge on any atom is 0.329 e. The molecule has 0 unspecified atom stereocenters. The second kappa shape index (κ2) is 5.86. The molecule has 0 bridgehead atoms. The Balaban J connectivity index is 3.06. The van der Waals surface area contributed by atoms with Crippen molar-refractivity contribution in [3.05, 3.63) is 11.8 Å². The summed E-state index contributed by atoms with van der Waals surface area (Å²) in [5, 5.41) is 9.22. The van der Waals surface area contributed by atoms with Crippen molar-refractivity contribution in [3.63, 3.8) is 0 Å². The summed E-state index contributed by atoms with van der Waals surface area (Å²) >= 11 is 0. The standard InChI is InChI=1S/C13H21N3O3/c1-6-7-19-10-8-9(2)14-12(15-10)16(5)13(3,4)11(17)18/h8H,6-7H2,1-5H3,(H,17,18). The molecule has 0 saturated heterocycles. The molecule has 6 nitrogen and oxygen atoms in total.